The second-order valence-corrected chi connectivity index (χ2v) is 5.23. The van der Waals surface area contributed by atoms with Crippen LogP contribution in [-0.2, 0) is 6.42 Å². The molecule has 1 aliphatic heterocycles. The third-order valence-electron chi connectivity index (χ3n) is 4.03. The van der Waals surface area contributed by atoms with E-state index in [1.807, 2.05) is 25.3 Å². The highest BCUT2D eigenvalue weighted by atomic mass is 16.3. The van der Waals surface area contributed by atoms with Crippen LogP contribution in [0.3, 0.4) is 0 Å². The maximum Gasteiger partial charge on any atom is 0.166 e. The summed E-state index contributed by atoms with van der Waals surface area (Å²) in [5, 5.41) is 23.7. The minimum absolute atomic E-state index is 0.0520. The van der Waals surface area contributed by atoms with E-state index in [1.54, 1.807) is 0 Å². The van der Waals surface area contributed by atoms with Crippen LogP contribution in [0.4, 0.5) is 5.69 Å². The molecule has 1 aliphatic rings. The van der Waals surface area contributed by atoms with Crippen molar-refractivity contribution >= 4 is 33.4 Å². The molecule has 0 fully saturated rings. The number of phenols is 2. The fourth-order valence-electron chi connectivity index (χ4n) is 3.08. The maximum atomic E-state index is 10.3. The van der Waals surface area contributed by atoms with Gasteiger partial charge in [-0.15, -0.1) is 0 Å². The van der Waals surface area contributed by atoms with Gasteiger partial charge in [0.2, 0.25) is 0 Å². The van der Waals surface area contributed by atoms with Crippen LogP contribution in [0.1, 0.15) is 11.1 Å². The predicted molar refractivity (Wildman–Crippen MR) is 81.4 cm³/mol. The Bertz CT molecular complexity index is 910. The lowest BCUT2D eigenvalue weighted by atomic mass is 9.91. The Morgan fingerprint density at radius 1 is 1.00 bits per heavy atom. The van der Waals surface area contributed by atoms with Gasteiger partial charge in [0.05, 0.1) is 5.69 Å². The number of phenolic OH excluding ortho intramolecular Hbond substituents is 2. The number of nitrogens with zero attached hydrogens (tertiary/aromatic N) is 1. The van der Waals surface area contributed by atoms with E-state index < -0.39 is 0 Å². The maximum absolute atomic E-state index is 10.3. The molecule has 0 saturated carbocycles. The molecule has 0 atom stereocenters. The quantitative estimate of drug-likeness (QED) is 0.476. The third-order valence-corrected chi connectivity index (χ3v) is 4.03. The predicted octanol–water partition coefficient (Wildman–Crippen LogP) is 3.97. The highest BCUT2D eigenvalue weighted by molar-refractivity contribution is 6.18. The molecule has 3 aromatic rings. The van der Waals surface area contributed by atoms with Crippen LogP contribution in [-0.4, -0.2) is 16.4 Å². The molecule has 4 rings (SSSR count). The highest BCUT2D eigenvalue weighted by Crippen LogP contribution is 2.44. The van der Waals surface area contributed by atoms with E-state index in [0.717, 1.165) is 33.8 Å². The summed E-state index contributed by atoms with van der Waals surface area (Å²) in [7, 11) is 0. The molecule has 3 nitrogen and oxygen atoms in total. The van der Waals surface area contributed by atoms with Crippen LogP contribution in [0.25, 0.3) is 21.5 Å². The van der Waals surface area contributed by atoms with Crippen LogP contribution in [0.5, 0.6) is 11.5 Å². The SMILES string of the molecule is Cc1ccc2c3c(cc4ccc(O)c(O)c4c13)N=CC2. The van der Waals surface area contributed by atoms with Gasteiger partial charge in [0.25, 0.3) is 0 Å². The first-order valence-corrected chi connectivity index (χ1v) is 6.59. The summed E-state index contributed by atoms with van der Waals surface area (Å²) in [5.41, 5.74) is 3.22. The molecule has 0 spiro atoms. The van der Waals surface area contributed by atoms with Crippen LogP contribution in [0.2, 0.25) is 0 Å². The largest absolute Gasteiger partial charge is 0.504 e. The lowest BCUT2D eigenvalue weighted by Crippen LogP contribution is -1.96. The Hall–Kier alpha value is -2.55. The fraction of sp³-hybridized carbons (Fsp3) is 0.118. The van der Waals surface area contributed by atoms with Gasteiger partial charge in [0.15, 0.2) is 11.5 Å². The van der Waals surface area contributed by atoms with Gasteiger partial charge in [-0.1, -0.05) is 18.2 Å². The molecule has 2 N–H and O–H groups in total. The van der Waals surface area contributed by atoms with Crippen molar-refractivity contribution in [3.8, 4) is 11.5 Å². The van der Waals surface area contributed by atoms with Gasteiger partial charge < -0.3 is 10.2 Å². The molecule has 0 amide bonds. The summed E-state index contributed by atoms with van der Waals surface area (Å²) in [6.45, 7) is 2.02. The first-order valence-electron chi connectivity index (χ1n) is 6.59. The molecular formula is C17H13NO2. The molecule has 1 heterocycles. The average molecular weight is 263 g/mol. The van der Waals surface area contributed by atoms with Crippen molar-refractivity contribution in [3.63, 3.8) is 0 Å². The summed E-state index contributed by atoms with van der Waals surface area (Å²) in [6, 6.07) is 9.47. The van der Waals surface area contributed by atoms with E-state index in [-0.39, 0.29) is 11.5 Å². The number of fused-ring (bicyclic) bond motifs is 2. The lowest BCUT2D eigenvalue weighted by Gasteiger charge is -2.17. The van der Waals surface area contributed by atoms with Crippen LogP contribution >= 0.6 is 0 Å². The Balaban J connectivity index is 2.38. The Morgan fingerprint density at radius 2 is 1.85 bits per heavy atom. The van der Waals surface area contributed by atoms with Crippen LogP contribution < -0.4 is 0 Å². The number of hydrogen-bond acceptors (Lipinski definition) is 3. The zero-order valence-electron chi connectivity index (χ0n) is 11.0. The number of aryl methyl sites for hydroxylation is 1. The minimum atomic E-state index is -0.0862. The van der Waals surface area contributed by atoms with E-state index in [4.69, 9.17) is 0 Å². The molecule has 0 aliphatic carbocycles. The third kappa shape index (κ3) is 1.32. The van der Waals surface area contributed by atoms with Crippen molar-refractivity contribution in [2.45, 2.75) is 13.3 Å². The number of rotatable bonds is 0. The van der Waals surface area contributed by atoms with Crippen molar-refractivity contribution in [2.75, 3.05) is 0 Å². The fourth-order valence-corrected chi connectivity index (χ4v) is 3.08. The molecule has 0 radical (unpaired) electrons. The van der Waals surface area contributed by atoms with Crippen molar-refractivity contribution < 1.29 is 10.2 Å². The number of benzene rings is 3. The summed E-state index contributed by atoms with van der Waals surface area (Å²) in [6.07, 6.45) is 2.72. The summed E-state index contributed by atoms with van der Waals surface area (Å²) in [4.78, 5) is 4.49. The average Bonchev–Trinajstić information content (AvgIpc) is 2.46. The topological polar surface area (TPSA) is 52.8 Å². The number of aromatic hydroxyl groups is 2. The van der Waals surface area contributed by atoms with Crippen LogP contribution in [0.15, 0.2) is 35.3 Å². The van der Waals surface area contributed by atoms with Gasteiger partial charge in [-0.3, -0.25) is 4.99 Å². The highest BCUT2D eigenvalue weighted by Gasteiger charge is 2.17. The molecule has 0 bridgehead atoms. The Kier molecular flexibility index (Phi) is 2.11. The summed E-state index contributed by atoms with van der Waals surface area (Å²) in [5.74, 6) is -0.138. The molecule has 0 aromatic heterocycles. The van der Waals surface area contributed by atoms with Crippen molar-refractivity contribution in [2.24, 2.45) is 4.99 Å². The summed E-state index contributed by atoms with van der Waals surface area (Å²) < 4.78 is 0. The van der Waals surface area contributed by atoms with Crippen molar-refractivity contribution in [1.82, 2.24) is 0 Å². The van der Waals surface area contributed by atoms with Gasteiger partial charge in [-0.2, -0.15) is 0 Å². The zero-order valence-corrected chi connectivity index (χ0v) is 11.0. The van der Waals surface area contributed by atoms with E-state index in [0.29, 0.717) is 5.39 Å². The van der Waals surface area contributed by atoms with Gasteiger partial charge >= 0.3 is 0 Å². The summed E-state index contributed by atoms with van der Waals surface area (Å²) >= 11 is 0. The van der Waals surface area contributed by atoms with Gasteiger partial charge in [-0.25, -0.2) is 0 Å². The first-order chi connectivity index (χ1) is 9.66. The molecular weight excluding hydrogens is 250 g/mol. The van der Waals surface area contributed by atoms with Gasteiger partial charge in [0.1, 0.15) is 0 Å². The molecule has 0 saturated heterocycles. The Labute approximate surface area is 115 Å². The Morgan fingerprint density at radius 3 is 2.70 bits per heavy atom. The molecule has 98 valence electrons. The second kappa shape index (κ2) is 3.73. The molecule has 3 heteroatoms. The van der Waals surface area contributed by atoms with E-state index in [1.165, 1.54) is 11.6 Å². The molecule has 3 aromatic carbocycles. The molecule has 0 unspecified atom stereocenters. The van der Waals surface area contributed by atoms with E-state index in [2.05, 4.69) is 17.1 Å². The number of hydrogen-bond donors (Lipinski definition) is 2. The monoisotopic (exact) mass is 263 g/mol. The molecule has 20 heavy (non-hydrogen) atoms. The number of aliphatic imine (C=N–C) groups is 1. The standard InChI is InChI=1S/C17H13NO2/c1-9-2-3-10-6-7-18-12-8-11-4-5-13(19)17(20)16(11)14(9)15(10)12/h2-5,7-8,19-20H,6H2,1H3. The van der Waals surface area contributed by atoms with E-state index in [9.17, 15) is 10.2 Å². The normalized spacial score (nSPS) is 13.2. The van der Waals surface area contributed by atoms with Gasteiger partial charge in [0, 0.05) is 23.4 Å². The second-order valence-electron chi connectivity index (χ2n) is 5.23. The van der Waals surface area contributed by atoms with Crippen molar-refractivity contribution in [1.29, 1.82) is 0 Å². The minimum Gasteiger partial charge on any atom is -0.504 e. The van der Waals surface area contributed by atoms with E-state index >= 15 is 0 Å². The zero-order chi connectivity index (χ0) is 13.9. The lowest BCUT2D eigenvalue weighted by molar-refractivity contribution is 0.408. The van der Waals surface area contributed by atoms with Crippen molar-refractivity contribution in [3.05, 3.63) is 41.5 Å². The first kappa shape index (κ1) is 11.3. The van der Waals surface area contributed by atoms with Crippen LogP contribution in [0, 0.1) is 6.92 Å². The smallest absolute Gasteiger partial charge is 0.166 e. The van der Waals surface area contributed by atoms with Gasteiger partial charge in [-0.05, 0) is 41.0 Å².